The van der Waals surface area contributed by atoms with E-state index in [4.69, 9.17) is 0 Å². The minimum absolute atomic E-state index is 1.07. The summed E-state index contributed by atoms with van der Waals surface area (Å²) in [6, 6.07) is 20.7. The molecule has 0 N–H and O–H groups in total. The third-order valence-corrected chi connectivity index (χ3v) is 3.41. The normalized spacial score (nSPS) is 12.3. The molecular weight excluding hydrogens is 240 g/mol. The van der Waals surface area contributed by atoms with Gasteiger partial charge in [0.05, 0.1) is 0 Å². The molecule has 0 saturated heterocycles. The van der Waals surface area contributed by atoms with Crippen molar-refractivity contribution in [2.75, 3.05) is 0 Å². The van der Waals surface area contributed by atoms with Crippen molar-refractivity contribution in [3.8, 4) is 0 Å². The second-order valence-corrected chi connectivity index (χ2v) is 4.91. The summed E-state index contributed by atoms with van der Waals surface area (Å²) in [4.78, 5) is 0. The summed E-state index contributed by atoms with van der Waals surface area (Å²) in [7, 11) is 0. The van der Waals surface area contributed by atoms with Gasteiger partial charge in [0.2, 0.25) is 0 Å². The van der Waals surface area contributed by atoms with Crippen LogP contribution in [0.4, 0.5) is 0 Å². The third kappa shape index (κ3) is 3.58. The van der Waals surface area contributed by atoms with E-state index in [1.165, 1.54) is 22.3 Å². The van der Waals surface area contributed by atoms with Crippen LogP contribution in [0.3, 0.4) is 0 Å². The Morgan fingerprint density at radius 1 is 0.750 bits per heavy atom. The quantitative estimate of drug-likeness (QED) is 0.614. The first-order chi connectivity index (χ1) is 9.68. The monoisotopic (exact) mass is 260 g/mol. The molecule has 0 aliphatic rings. The Morgan fingerprint density at radius 3 is 1.80 bits per heavy atom. The van der Waals surface area contributed by atoms with E-state index < -0.39 is 0 Å². The summed E-state index contributed by atoms with van der Waals surface area (Å²) in [5.74, 6) is 0. The molecule has 2 aromatic carbocycles. The standard InChI is InChI=1S/C20H20/c1-16(18(3)20-12-8-5-9-13-20)14-15-17(2)19-10-6-4-7-11-19/h4-15H,3H2,1-2H3/b16-14-,17-15+. The Labute approximate surface area is 121 Å². The lowest BCUT2D eigenvalue weighted by molar-refractivity contribution is 1.49. The topological polar surface area (TPSA) is 0 Å². The maximum atomic E-state index is 4.18. The maximum Gasteiger partial charge on any atom is -0.0187 e. The SMILES string of the molecule is C=C(/C(C)=C\C=C(/C)c1ccccc1)c1ccccc1. The Morgan fingerprint density at radius 2 is 1.25 bits per heavy atom. The lowest BCUT2D eigenvalue weighted by atomic mass is 9.99. The molecule has 0 aliphatic carbocycles. The summed E-state index contributed by atoms with van der Waals surface area (Å²) in [6.45, 7) is 8.41. The van der Waals surface area contributed by atoms with Gasteiger partial charge in [0.25, 0.3) is 0 Å². The summed E-state index contributed by atoms with van der Waals surface area (Å²) in [5, 5.41) is 0. The van der Waals surface area contributed by atoms with Crippen LogP contribution in [0.5, 0.6) is 0 Å². The summed E-state index contributed by atoms with van der Waals surface area (Å²) in [5.41, 5.74) is 5.94. The van der Waals surface area contributed by atoms with Gasteiger partial charge in [-0.2, -0.15) is 0 Å². The second-order valence-electron chi connectivity index (χ2n) is 4.91. The van der Waals surface area contributed by atoms with Crippen LogP contribution in [-0.4, -0.2) is 0 Å². The molecule has 2 aromatic rings. The molecule has 0 bridgehead atoms. The van der Waals surface area contributed by atoms with E-state index in [-0.39, 0.29) is 0 Å². The van der Waals surface area contributed by atoms with Crippen LogP contribution >= 0.6 is 0 Å². The van der Waals surface area contributed by atoms with Crippen molar-refractivity contribution in [2.24, 2.45) is 0 Å². The molecule has 0 amide bonds. The first kappa shape index (κ1) is 14.1. The van der Waals surface area contributed by atoms with Gasteiger partial charge >= 0.3 is 0 Å². The molecule has 0 unspecified atom stereocenters. The smallest absolute Gasteiger partial charge is 0.0187 e. The van der Waals surface area contributed by atoms with E-state index in [0.717, 1.165) is 5.57 Å². The van der Waals surface area contributed by atoms with Crippen LogP contribution in [0.25, 0.3) is 11.1 Å². The lowest BCUT2D eigenvalue weighted by Gasteiger charge is -2.06. The van der Waals surface area contributed by atoms with Crippen molar-refractivity contribution in [3.05, 3.63) is 96.1 Å². The Balaban J connectivity index is 2.17. The van der Waals surface area contributed by atoms with Gasteiger partial charge < -0.3 is 0 Å². The number of rotatable bonds is 4. The average Bonchev–Trinajstić information content (AvgIpc) is 2.53. The molecule has 0 heteroatoms. The lowest BCUT2D eigenvalue weighted by Crippen LogP contribution is -1.84. The van der Waals surface area contributed by atoms with Gasteiger partial charge in [0.1, 0.15) is 0 Å². The number of allylic oxidation sites excluding steroid dienone is 5. The van der Waals surface area contributed by atoms with Gasteiger partial charge in [-0.05, 0) is 41.7 Å². The Hall–Kier alpha value is -2.34. The van der Waals surface area contributed by atoms with Gasteiger partial charge in [-0.15, -0.1) is 0 Å². The van der Waals surface area contributed by atoms with Crippen LogP contribution in [0, 0.1) is 0 Å². The minimum atomic E-state index is 1.07. The van der Waals surface area contributed by atoms with Gasteiger partial charge in [-0.3, -0.25) is 0 Å². The second kappa shape index (κ2) is 6.72. The van der Waals surface area contributed by atoms with Crippen molar-refractivity contribution in [3.63, 3.8) is 0 Å². The van der Waals surface area contributed by atoms with Crippen molar-refractivity contribution < 1.29 is 0 Å². The van der Waals surface area contributed by atoms with Crippen molar-refractivity contribution >= 4 is 11.1 Å². The van der Waals surface area contributed by atoms with Crippen LogP contribution in [-0.2, 0) is 0 Å². The zero-order chi connectivity index (χ0) is 14.4. The zero-order valence-corrected chi connectivity index (χ0v) is 12.1. The van der Waals surface area contributed by atoms with Crippen molar-refractivity contribution in [1.82, 2.24) is 0 Å². The molecule has 0 nitrogen and oxygen atoms in total. The summed E-state index contributed by atoms with van der Waals surface area (Å²) < 4.78 is 0. The first-order valence-electron chi connectivity index (χ1n) is 6.84. The fraction of sp³-hybridized carbons (Fsp3) is 0.100. The molecule has 0 atom stereocenters. The molecule has 0 spiro atoms. The molecular formula is C20H20. The number of hydrogen-bond acceptors (Lipinski definition) is 0. The molecule has 0 saturated carbocycles. The highest BCUT2D eigenvalue weighted by Crippen LogP contribution is 2.21. The minimum Gasteiger partial charge on any atom is -0.0909 e. The molecule has 100 valence electrons. The largest absolute Gasteiger partial charge is 0.0909 e. The molecule has 0 aliphatic heterocycles. The fourth-order valence-electron chi connectivity index (χ4n) is 2.01. The van der Waals surface area contributed by atoms with E-state index in [1.807, 2.05) is 24.3 Å². The predicted molar refractivity (Wildman–Crippen MR) is 89.3 cm³/mol. The molecule has 20 heavy (non-hydrogen) atoms. The van der Waals surface area contributed by atoms with E-state index in [2.05, 4.69) is 69.0 Å². The van der Waals surface area contributed by atoms with E-state index >= 15 is 0 Å². The molecule has 0 aromatic heterocycles. The maximum absolute atomic E-state index is 4.18. The van der Waals surface area contributed by atoms with Crippen molar-refractivity contribution in [2.45, 2.75) is 13.8 Å². The van der Waals surface area contributed by atoms with Crippen LogP contribution in [0.2, 0.25) is 0 Å². The number of hydrogen-bond donors (Lipinski definition) is 0. The Kier molecular flexibility index (Phi) is 4.73. The van der Waals surface area contributed by atoms with Gasteiger partial charge in [0.15, 0.2) is 0 Å². The Bertz CT molecular complexity index is 628. The van der Waals surface area contributed by atoms with Gasteiger partial charge in [-0.25, -0.2) is 0 Å². The molecule has 2 rings (SSSR count). The zero-order valence-electron chi connectivity index (χ0n) is 12.1. The van der Waals surface area contributed by atoms with Crippen LogP contribution < -0.4 is 0 Å². The molecule has 0 radical (unpaired) electrons. The number of benzene rings is 2. The first-order valence-corrected chi connectivity index (χ1v) is 6.84. The molecule has 0 fully saturated rings. The molecule has 0 heterocycles. The predicted octanol–water partition coefficient (Wildman–Crippen LogP) is 5.75. The summed E-state index contributed by atoms with van der Waals surface area (Å²) >= 11 is 0. The third-order valence-electron chi connectivity index (χ3n) is 3.41. The average molecular weight is 260 g/mol. The van der Waals surface area contributed by atoms with E-state index in [9.17, 15) is 0 Å². The van der Waals surface area contributed by atoms with Gasteiger partial charge in [-0.1, -0.05) is 79.4 Å². The summed E-state index contributed by atoms with van der Waals surface area (Å²) in [6.07, 6.45) is 4.29. The highest BCUT2D eigenvalue weighted by Gasteiger charge is 1.99. The van der Waals surface area contributed by atoms with Gasteiger partial charge in [0, 0.05) is 0 Å². The van der Waals surface area contributed by atoms with Crippen LogP contribution in [0.1, 0.15) is 25.0 Å². The fourth-order valence-corrected chi connectivity index (χ4v) is 2.01. The highest BCUT2D eigenvalue weighted by molar-refractivity contribution is 5.77. The highest BCUT2D eigenvalue weighted by atomic mass is 14.0. The van der Waals surface area contributed by atoms with Crippen molar-refractivity contribution in [1.29, 1.82) is 0 Å². The van der Waals surface area contributed by atoms with E-state index in [0.29, 0.717) is 0 Å². The van der Waals surface area contributed by atoms with E-state index in [1.54, 1.807) is 0 Å². The van der Waals surface area contributed by atoms with Crippen LogP contribution in [0.15, 0.2) is 85.0 Å².